The van der Waals surface area contributed by atoms with E-state index in [2.05, 4.69) is 53.7 Å². The first-order chi connectivity index (χ1) is 13.6. The van der Waals surface area contributed by atoms with Crippen molar-refractivity contribution < 1.29 is 9.53 Å². The van der Waals surface area contributed by atoms with Crippen LogP contribution in [0.2, 0.25) is 0 Å². The minimum atomic E-state index is -0.597. The van der Waals surface area contributed by atoms with Gasteiger partial charge in [-0.15, -0.1) is 9.89 Å². The third-order valence-electron chi connectivity index (χ3n) is 4.83. The van der Waals surface area contributed by atoms with Crippen LogP contribution in [0, 0.1) is 0 Å². The lowest BCUT2D eigenvalue weighted by Crippen LogP contribution is -2.62. The first kappa shape index (κ1) is 20.8. The van der Waals surface area contributed by atoms with E-state index in [1.807, 2.05) is 0 Å². The van der Waals surface area contributed by atoms with Crippen molar-refractivity contribution in [2.45, 2.75) is 57.7 Å². The molecule has 1 fully saturated rings. The second-order valence-corrected chi connectivity index (χ2v) is 8.67. The Kier molecular flexibility index (Phi) is 5.61. The minimum Gasteiger partial charge on any atom is -0.497 e. The fourth-order valence-corrected chi connectivity index (χ4v) is 4.01. The van der Waals surface area contributed by atoms with Crippen molar-refractivity contribution in [1.29, 1.82) is 0 Å². The molecule has 1 amide bonds. The quantitative estimate of drug-likeness (QED) is 0.658. The third-order valence-corrected chi connectivity index (χ3v) is 4.83. The van der Waals surface area contributed by atoms with Gasteiger partial charge in [0.05, 0.1) is 13.3 Å². The molecule has 1 aliphatic heterocycles. The topological polar surface area (TPSA) is 113 Å². The summed E-state index contributed by atoms with van der Waals surface area (Å²) < 4.78 is 5.10. The van der Waals surface area contributed by atoms with Gasteiger partial charge in [0.2, 0.25) is 5.69 Å². The van der Waals surface area contributed by atoms with E-state index in [4.69, 9.17) is 4.74 Å². The van der Waals surface area contributed by atoms with E-state index in [0.29, 0.717) is 0 Å². The lowest BCUT2D eigenvalue weighted by atomic mass is 9.79. The average Bonchev–Trinajstić information content (AvgIpc) is 2.98. The van der Waals surface area contributed by atoms with Crippen LogP contribution in [0.15, 0.2) is 34.2 Å². The van der Waals surface area contributed by atoms with Crippen molar-refractivity contribution in [3.63, 3.8) is 0 Å². The van der Waals surface area contributed by atoms with Gasteiger partial charge in [-0.3, -0.25) is 9.59 Å². The molecule has 2 heterocycles. The van der Waals surface area contributed by atoms with E-state index in [-0.39, 0.29) is 22.8 Å². The number of H-pyrrole nitrogens is 1. The summed E-state index contributed by atoms with van der Waals surface area (Å²) in [5, 5.41) is 16.9. The molecule has 9 heteroatoms. The van der Waals surface area contributed by atoms with Crippen LogP contribution in [0.3, 0.4) is 0 Å². The molecule has 1 aromatic heterocycles. The smallest absolute Gasteiger partial charge is 0.320 e. The fourth-order valence-electron chi connectivity index (χ4n) is 4.01. The summed E-state index contributed by atoms with van der Waals surface area (Å²) in [6.07, 6.45) is 3.02. The first-order valence-corrected chi connectivity index (χ1v) is 9.55. The number of carbonyl (C=O) groups excluding carboxylic acids is 1. The zero-order chi connectivity index (χ0) is 21.2. The lowest BCUT2D eigenvalue weighted by Gasteiger charge is -2.46. The van der Waals surface area contributed by atoms with Gasteiger partial charge in [0.25, 0.3) is 5.91 Å². The number of hydrogen-bond acceptors (Lipinski definition) is 6. The molecule has 1 aliphatic rings. The molecule has 156 valence electrons. The van der Waals surface area contributed by atoms with E-state index in [9.17, 15) is 9.59 Å². The van der Waals surface area contributed by atoms with Crippen molar-refractivity contribution in [2.24, 2.45) is 5.10 Å². The summed E-state index contributed by atoms with van der Waals surface area (Å²) in [5.74, 6) is 0.229. The fraction of sp³-hybridized carbons (Fsp3) is 0.500. The maximum Gasteiger partial charge on any atom is 0.320 e. The van der Waals surface area contributed by atoms with E-state index >= 15 is 0 Å². The molecule has 0 spiro atoms. The first-order valence-electron chi connectivity index (χ1n) is 9.55. The van der Waals surface area contributed by atoms with Crippen LogP contribution in [0.25, 0.3) is 0 Å². The number of aromatic nitrogens is 3. The molecule has 0 aliphatic carbocycles. The standard InChI is InChI=1S/C20H28N6O3/c1-19(2)10-14(11-20(3,4)24-19)22-17(27)16-18(28)26(25-23-16)21-12-13-6-8-15(29-5)9-7-13/h6-9,12,14,24-25H,10-11H2,1-5H3,(H,22,27). The number of piperidine rings is 1. The lowest BCUT2D eigenvalue weighted by molar-refractivity contribution is 0.0867. The Hall–Kier alpha value is -2.94. The van der Waals surface area contributed by atoms with Crippen LogP contribution >= 0.6 is 0 Å². The Labute approximate surface area is 169 Å². The zero-order valence-electron chi connectivity index (χ0n) is 17.4. The Balaban J connectivity index is 1.70. The number of rotatable bonds is 5. The predicted octanol–water partition coefficient (Wildman–Crippen LogP) is 1.50. The Bertz CT molecular complexity index is 939. The molecule has 1 aromatic carbocycles. The van der Waals surface area contributed by atoms with Crippen LogP contribution in [-0.4, -0.2) is 51.5 Å². The van der Waals surface area contributed by atoms with Gasteiger partial charge in [0, 0.05) is 17.1 Å². The summed E-state index contributed by atoms with van der Waals surface area (Å²) in [6.45, 7) is 8.40. The number of hydrogen-bond donors (Lipinski definition) is 3. The number of ether oxygens (including phenoxy) is 1. The summed E-state index contributed by atoms with van der Waals surface area (Å²) in [5.41, 5.74) is -0.259. The van der Waals surface area contributed by atoms with E-state index in [1.165, 1.54) is 6.21 Å². The number of nitrogens with zero attached hydrogens (tertiary/aromatic N) is 3. The Morgan fingerprint density at radius 3 is 2.45 bits per heavy atom. The minimum absolute atomic E-state index is 0.0545. The molecule has 1 saturated heterocycles. The van der Waals surface area contributed by atoms with Gasteiger partial charge in [-0.1, -0.05) is 0 Å². The molecule has 0 saturated carbocycles. The van der Waals surface area contributed by atoms with Crippen molar-refractivity contribution >= 4 is 12.1 Å². The number of methoxy groups -OCH3 is 1. The largest absolute Gasteiger partial charge is 0.497 e. The molecule has 2 aromatic rings. The predicted molar refractivity (Wildman–Crippen MR) is 111 cm³/mol. The highest BCUT2D eigenvalue weighted by Gasteiger charge is 2.38. The Morgan fingerprint density at radius 1 is 1.24 bits per heavy atom. The molecule has 0 atom stereocenters. The maximum absolute atomic E-state index is 12.6. The molecular weight excluding hydrogens is 372 g/mol. The second-order valence-electron chi connectivity index (χ2n) is 8.67. The van der Waals surface area contributed by atoms with Crippen LogP contribution in [0.4, 0.5) is 0 Å². The van der Waals surface area contributed by atoms with E-state index < -0.39 is 11.5 Å². The van der Waals surface area contributed by atoms with Gasteiger partial charge >= 0.3 is 5.56 Å². The zero-order valence-corrected chi connectivity index (χ0v) is 17.4. The highest BCUT2D eigenvalue weighted by molar-refractivity contribution is 5.92. The number of aromatic amines is 1. The van der Waals surface area contributed by atoms with Crippen LogP contribution in [0.1, 0.15) is 56.6 Å². The monoisotopic (exact) mass is 400 g/mol. The highest BCUT2D eigenvalue weighted by Crippen LogP contribution is 2.28. The number of nitrogens with one attached hydrogen (secondary N) is 3. The molecular formula is C20H28N6O3. The van der Waals surface area contributed by atoms with Crippen molar-refractivity contribution in [3.05, 3.63) is 45.9 Å². The van der Waals surface area contributed by atoms with E-state index in [0.717, 1.165) is 28.9 Å². The molecule has 3 N–H and O–H groups in total. The van der Waals surface area contributed by atoms with Crippen LogP contribution in [-0.2, 0) is 0 Å². The van der Waals surface area contributed by atoms with Crippen molar-refractivity contribution in [1.82, 2.24) is 25.7 Å². The SMILES string of the molecule is COc1ccc(C=Nn2[nH]nc(C(=O)NC3CC(C)(C)NC(C)(C)C3)c2=O)cc1. The van der Waals surface area contributed by atoms with Crippen LogP contribution in [0.5, 0.6) is 5.75 Å². The molecule has 9 nitrogen and oxygen atoms in total. The van der Waals surface area contributed by atoms with Crippen molar-refractivity contribution in [3.8, 4) is 5.75 Å². The van der Waals surface area contributed by atoms with Gasteiger partial charge in [-0.05, 0) is 70.4 Å². The second kappa shape index (κ2) is 7.82. The van der Waals surface area contributed by atoms with E-state index in [1.54, 1.807) is 31.4 Å². The van der Waals surface area contributed by atoms with Gasteiger partial charge in [-0.25, -0.2) is 0 Å². The third kappa shape index (κ3) is 5.11. The van der Waals surface area contributed by atoms with Crippen molar-refractivity contribution in [2.75, 3.05) is 7.11 Å². The number of carbonyl (C=O) groups is 1. The Morgan fingerprint density at radius 2 is 1.86 bits per heavy atom. The summed E-state index contributed by atoms with van der Waals surface area (Å²) in [7, 11) is 1.59. The molecule has 3 rings (SSSR count). The molecule has 29 heavy (non-hydrogen) atoms. The van der Waals surface area contributed by atoms with Gasteiger partial charge in [0.15, 0.2) is 0 Å². The molecule has 0 bridgehead atoms. The molecule has 0 unspecified atom stereocenters. The summed E-state index contributed by atoms with van der Waals surface area (Å²) in [4.78, 5) is 26.1. The maximum atomic E-state index is 12.6. The highest BCUT2D eigenvalue weighted by atomic mass is 16.5. The van der Waals surface area contributed by atoms with Gasteiger partial charge in [-0.2, -0.15) is 10.3 Å². The summed E-state index contributed by atoms with van der Waals surface area (Å²) >= 11 is 0. The van der Waals surface area contributed by atoms with Gasteiger partial charge < -0.3 is 15.4 Å². The number of amides is 1. The normalized spacial score (nSPS) is 18.7. The average molecular weight is 400 g/mol. The van der Waals surface area contributed by atoms with Gasteiger partial charge in [0.1, 0.15) is 5.75 Å². The number of benzene rings is 1. The van der Waals surface area contributed by atoms with Crippen LogP contribution < -0.4 is 20.9 Å². The molecule has 0 radical (unpaired) electrons. The summed E-state index contributed by atoms with van der Waals surface area (Å²) in [6, 6.07) is 7.13.